The molecule has 4 heteroatoms. The summed E-state index contributed by atoms with van der Waals surface area (Å²) in [5.41, 5.74) is 0. The van der Waals surface area contributed by atoms with E-state index in [1.807, 2.05) is 6.08 Å². The molecule has 29 heavy (non-hydrogen) atoms. The molecule has 0 aromatic heterocycles. The Hall–Kier alpha value is -1.39. The Morgan fingerprint density at radius 1 is 0.793 bits per heavy atom. The highest BCUT2D eigenvalue weighted by Gasteiger charge is 2.17. The highest BCUT2D eigenvalue weighted by atomic mass is 16.3. The van der Waals surface area contributed by atoms with Gasteiger partial charge in [0.25, 0.3) is 0 Å². The largest absolute Gasteiger partial charge is 0.394 e. The minimum atomic E-state index is -0.860. The van der Waals surface area contributed by atoms with Crippen LogP contribution in [0.15, 0.2) is 36.5 Å². The van der Waals surface area contributed by atoms with Gasteiger partial charge < -0.3 is 15.5 Å². The van der Waals surface area contributed by atoms with E-state index in [2.05, 4.69) is 43.5 Å². The molecule has 0 rings (SSSR count). The van der Waals surface area contributed by atoms with Crippen LogP contribution in [0.3, 0.4) is 0 Å². The van der Waals surface area contributed by atoms with Gasteiger partial charge in [-0.1, -0.05) is 88.8 Å². The first-order valence-electron chi connectivity index (χ1n) is 11.7. The quantitative estimate of drug-likeness (QED) is 0.193. The Balaban J connectivity index is 3.90. The van der Waals surface area contributed by atoms with Crippen LogP contribution in [0, 0.1) is 0 Å². The number of aliphatic hydroxyl groups excluding tert-OH is 2. The fourth-order valence-electron chi connectivity index (χ4n) is 2.96. The molecule has 0 bridgehead atoms. The lowest BCUT2D eigenvalue weighted by molar-refractivity contribution is -0.123. The first kappa shape index (κ1) is 27.6. The lowest BCUT2D eigenvalue weighted by atomic mass is 10.1. The van der Waals surface area contributed by atoms with Crippen LogP contribution in [0.1, 0.15) is 97.3 Å². The number of nitrogens with one attached hydrogen (secondary N) is 1. The molecule has 0 aliphatic carbocycles. The first-order chi connectivity index (χ1) is 14.2. The van der Waals surface area contributed by atoms with Crippen LogP contribution < -0.4 is 5.32 Å². The van der Waals surface area contributed by atoms with E-state index in [-0.39, 0.29) is 12.5 Å². The van der Waals surface area contributed by atoms with Crippen molar-refractivity contribution in [2.45, 2.75) is 109 Å². The summed E-state index contributed by atoms with van der Waals surface area (Å²) in [6.45, 7) is 4.11. The molecular formula is C25H45NO3. The highest BCUT2D eigenvalue weighted by Crippen LogP contribution is 2.06. The van der Waals surface area contributed by atoms with Gasteiger partial charge in [0, 0.05) is 6.42 Å². The van der Waals surface area contributed by atoms with Crippen LogP contribution in [0.2, 0.25) is 0 Å². The van der Waals surface area contributed by atoms with Crippen molar-refractivity contribution in [1.82, 2.24) is 5.32 Å². The zero-order valence-electron chi connectivity index (χ0n) is 18.8. The highest BCUT2D eigenvalue weighted by molar-refractivity contribution is 5.76. The summed E-state index contributed by atoms with van der Waals surface area (Å²) < 4.78 is 0. The monoisotopic (exact) mass is 407 g/mol. The summed E-state index contributed by atoms with van der Waals surface area (Å²) in [5, 5.41) is 22.4. The molecule has 2 unspecified atom stereocenters. The molecule has 0 aliphatic heterocycles. The third kappa shape index (κ3) is 18.4. The lowest BCUT2D eigenvalue weighted by Gasteiger charge is -2.19. The van der Waals surface area contributed by atoms with Crippen LogP contribution in [-0.4, -0.2) is 34.9 Å². The minimum Gasteiger partial charge on any atom is -0.394 e. The maximum absolute atomic E-state index is 12.0. The van der Waals surface area contributed by atoms with Gasteiger partial charge in [0.1, 0.15) is 0 Å². The Bertz CT molecular complexity index is 457. The van der Waals surface area contributed by atoms with Crippen molar-refractivity contribution in [2.75, 3.05) is 6.61 Å². The molecule has 0 saturated carbocycles. The number of amides is 1. The van der Waals surface area contributed by atoms with Gasteiger partial charge in [-0.3, -0.25) is 4.79 Å². The molecule has 1 amide bonds. The number of unbranched alkanes of at least 4 members (excludes halogenated alkanes) is 8. The molecule has 0 spiro atoms. The minimum absolute atomic E-state index is 0.0975. The number of carbonyl (C=O) groups is 1. The average Bonchev–Trinajstić information content (AvgIpc) is 2.72. The van der Waals surface area contributed by atoms with Crippen molar-refractivity contribution < 1.29 is 15.0 Å². The third-order valence-corrected chi connectivity index (χ3v) is 4.85. The van der Waals surface area contributed by atoms with Gasteiger partial charge in [0.05, 0.1) is 18.8 Å². The van der Waals surface area contributed by atoms with Crippen molar-refractivity contribution in [3.8, 4) is 0 Å². The molecular weight excluding hydrogens is 362 g/mol. The summed E-state index contributed by atoms with van der Waals surface area (Å²) in [6.07, 6.45) is 25.1. The SMILES string of the molecule is CCCC/C=C/CC/C=C/CC/C=C/C(O)C(CO)NC(=O)CCCCCCC. The van der Waals surface area contributed by atoms with E-state index < -0.39 is 12.1 Å². The standard InChI is InChI=1S/C25H45NO3/c1-3-5-7-9-10-11-12-13-14-15-17-18-20-24(28)23(22-27)26-25(29)21-19-16-8-6-4-2/h9-10,13-14,18,20,23-24,27-28H,3-8,11-12,15-17,19,21-22H2,1-2H3,(H,26,29)/b10-9+,14-13+,20-18+. The number of hydrogen-bond acceptors (Lipinski definition) is 3. The molecule has 4 nitrogen and oxygen atoms in total. The van der Waals surface area contributed by atoms with E-state index in [1.165, 1.54) is 32.1 Å². The molecule has 0 saturated heterocycles. The third-order valence-electron chi connectivity index (χ3n) is 4.85. The van der Waals surface area contributed by atoms with Crippen molar-refractivity contribution in [3.63, 3.8) is 0 Å². The Labute approximate surface area is 179 Å². The fraction of sp³-hybridized carbons (Fsp3) is 0.720. The molecule has 0 aromatic rings. The predicted molar refractivity (Wildman–Crippen MR) is 124 cm³/mol. The summed E-state index contributed by atoms with van der Waals surface area (Å²) >= 11 is 0. The van der Waals surface area contributed by atoms with Crippen LogP contribution in [-0.2, 0) is 4.79 Å². The van der Waals surface area contributed by atoms with Gasteiger partial charge in [0.15, 0.2) is 0 Å². The number of aliphatic hydroxyl groups is 2. The Morgan fingerprint density at radius 2 is 1.34 bits per heavy atom. The van der Waals surface area contributed by atoms with E-state index in [0.29, 0.717) is 6.42 Å². The van der Waals surface area contributed by atoms with Gasteiger partial charge in [-0.25, -0.2) is 0 Å². The van der Waals surface area contributed by atoms with Crippen molar-refractivity contribution >= 4 is 5.91 Å². The van der Waals surface area contributed by atoms with Crippen LogP contribution >= 0.6 is 0 Å². The van der Waals surface area contributed by atoms with E-state index in [0.717, 1.165) is 44.9 Å². The second-order valence-corrected chi connectivity index (χ2v) is 7.68. The molecule has 0 fully saturated rings. The molecule has 0 heterocycles. The topological polar surface area (TPSA) is 69.6 Å². The molecule has 0 aromatic carbocycles. The molecule has 0 radical (unpaired) electrons. The Morgan fingerprint density at radius 3 is 1.93 bits per heavy atom. The summed E-state index contributed by atoms with van der Waals surface area (Å²) in [6, 6.07) is -0.635. The number of hydrogen-bond donors (Lipinski definition) is 3. The van der Waals surface area contributed by atoms with Gasteiger partial charge in [-0.2, -0.15) is 0 Å². The van der Waals surface area contributed by atoms with Gasteiger partial charge in [-0.15, -0.1) is 0 Å². The summed E-state index contributed by atoms with van der Waals surface area (Å²) in [7, 11) is 0. The maximum atomic E-state index is 12.0. The van der Waals surface area contributed by atoms with Gasteiger partial charge >= 0.3 is 0 Å². The van der Waals surface area contributed by atoms with Crippen LogP contribution in [0.4, 0.5) is 0 Å². The number of carbonyl (C=O) groups excluding carboxylic acids is 1. The second kappa shape index (κ2) is 21.3. The summed E-state index contributed by atoms with van der Waals surface area (Å²) in [4.78, 5) is 12.0. The smallest absolute Gasteiger partial charge is 0.220 e. The van der Waals surface area contributed by atoms with Crippen molar-refractivity contribution in [1.29, 1.82) is 0 Å². The van der Waals surface area contributed by atoms with Gasteiger partial charge in [0.2, 0.25) is 5.91 Å². The zero-order valence-corrected chi connectivity index (χ0v) is 18.8. The molecule has 0 aliphatic rings. The average molecular weight is 408 g/mol. The lowest BCUT2D eigenvalue weighted by Crippen LogP contribution is -2.45. The van der Waals surface area contributed by atoms with E-state index in [9.17, 15) is 15.0 Å². The first-order valence-corrected chi connectivity index (χ1v) is 11.7. The van der Waals surface area contributed by atoms with Crippen molar-refractivity contribution in [2.24, 2.45) is 0 Å². The molecule has 3 N–H and O–H groups in total. The summed E-state index contributed by atoms with van der Waals surface area (Å²) in [5.74, 6) is -0.0975. The number of rotatable bonds is 19. The Kier molecular flexibility index (Phi) is 20.3. The van der Waals surface area contributed by atoms with Crippen LogP contribution in [0.5, 0.6) is 0 Å². The maximum Gasteiger partial charge on any atom is 0.220 e. The van der Waals surface area contributed by atoms with Crippen molar-refractivity contribution in [3.05, 3.63) is 36.5 Å². The van der Waals surface area contributed by atoms with E-state index in [4.69, 9.17) is 0 Å². The normalized spacial score (nSPS) is 14.2. The predicted octanol–water partition coefficient (Wildman–Crippen LogP) is 5.60. The molecule has 168 valence electrons. The fourth-order valence-corrected chi connectivity index (χ4v) is 2.96. The van der Waals surface area contributed by atoms with Crippen LogP contribution in [0.25, 0.3) is 0 Å². The zero-order chi connectivity index (χ0) is 21.6. The second-order valence-electron chi connectivity index (χ2n) is 7.68. The van der Waals surface area contributed by atoms with Gasteiger partial charge in [-0.05, 0) is 38.5 Å². The van der Waals surface area contributed by atoms with E-state index >= 15 is 0 Å². The van der Waals surface area contributed by atoms with E-state index in [1.54, 1.807) is 6.08 Å². The molecule has 2 atom stereocenters. The number of allylic oxidation sites excluding steroid dienone is 5.